The predicted octanol–water partition coefficient (Wildman–Crippen LogP) is 20.0. The first-order valence-electron chi connectivity index (χ1n) is 29.3. The fourth-order valence-electron chi connectivity index (χ4n) is 7.47. The van der Waals surface area contributed by atoms with Crippen molar-refractivity contribution in [3.05, 3.63) is 146 Å². The SMILES string of the molecule is CC/C=C\C/C=C\C/C=C\C/C=C\C/C=C\C/C=C\CCCCC(=O)OCC(COC(=O)CCCCCCC/C=C\C/C=C\C/C=C\CC)OC(=O)CCCCCCCC/C=C\C/C=C\C/C=C\CCCCC. The van der Waals surface area contributed by atoms with Gasteiger partial charge in [0.05, 0.1) is 0 Å². The summed E-state index contributed by atoms with van der Waals surface area (Å²) in [6.45, 7) is 6.31. The maximum absolute atomic E-state index is 12.9. The summed E-state index contributed by atoms with van der Waals surface area (Å²) in [4.78, 5) is 38.2. The van der Waals surface area contributed by atoms with Gasteiger partial charge in [0, 0.05) is 19.3 Å². The van der Waals surface area contributed by atoms with E-state index in [9.17, 15) is 14.4 Å². The normalized spacial score (nSPS) is 13.2. The van der Waals surface area contributed by atoms with Crippen LogP contribution in [0.1, 0.15) is 239 Å². The molecule has 0 aromatic rings. The lowest BCUT2D eigenvalue weighted by molar-refractivity contribution is -0.167. The van der Waals surface area contributed by atoms with Crippen LogP contribution in [0.4, 0.5) is 0 Å². The number of ether oxygens (including phenoxy) is 3. The number of unbranched alkanes of at least 4 members (excludes halogenated alkanes) is 16. The Morgan fingerprint density at radius 3 is 0.863 bits per heavy atom. The second kappa shape index (κ2) is 59.8. The molecule has 0 N–H and O–H groups in total. The minimum Gasteiger partial charge on any atom is -0.462 e. The molecule has 0 radical (unpaired) electrons. The van der Waals surface area contributed by atoms with Gasteiger partial charge in [-0.25, -0.2) is 0 Å². The van der Waals surface area contributed by atoms with Gasteiger partial charge in [0.15, 0.2) is 6.10 Å². The van der Waals surface area contributed by atoms with Crippen molar-refractivity contribution in [1.29, 1.82) is 0 Å². The Morgan fingerprint density at radius 1 is 0.288 bits per heavy atom. The van der Waals surface area contributed by atoms with Crippen LogP contribution in [0, 0.1) is 0 Å². The summed E-state index contributed by atoms with van der Waals surface area (Å²) < 4.78 is 16.8. The van der Waals surface area contributed by atoms with E-state index < -0.39 is 6.10 Å². The molecule has 0 bridgehead atoms. The van der Waals surface area contributed by atoms with Crippen LogP contribution in [0.5, 0.6) is 0 Å². The zero-order valence-electron chi connectivity index (χ0n) is 46.8. The number of carbonyl (C=O) groups is 3. The quantitative estimate of drug-likeness (QED) is 0.0261. The number of rotatable bonds is 51. The van der Waals surface area contributed by atoms with Crippen LogP contribution < -0.4 is 0 Å². The smallest absolute Gasteiger partial charge is 0.306 e. The Labute approximate surface area is 448 Å². The van der Waals surface area contributed by atoms with Gasteiger partial charge >= 0.3 is 17.9 Å². The van der Waals surface area contributed by atoms with Crippen molar-refractivity contribution in [1.82, 2.24) is 0 Å². The van der Waals surface area contributed by atoms with E-state index in [-0.39, 0.29) is 31.1 Å². The standard InChI is InChI=1S/C67H106O6/c1-4-7-10-13-16-19-22-25-28-30-32-33-35-36-39-42-45-48-51-54-57-60-66(69)72-63-64(62-71-65(68)59-56-53-50-47-44-41-38-27-24-21-18-15-12-9-6-3)73-67(70)61-58-55-52-49-46-43-40-37-34-31-29-26-23-20-17-14-11-8-5-2/h7,9-10,12,16-21,25-29,32-34,36-39,45,48,64H,4-6,8,11,13-15,22-24,30-31,35,40-44,46-47,49-63H2,1-3H3/b10-7-,12-9-,19-16-,20-17-,21-18-,28-25-,29-26-,33-32-,37-34-,38-27-,39-36-,48-45-. The Kier molecular flexibility index (Phi) is 56.0. The largest absolute Gasteiger partial charge is 0.462 e. The molecule has 0 saturated heterocycles. The lowest BCUT2D eigenvalue weighted by Crippen LogP contribution is -2.30. The molecule has 0 aliphatic carbocycles. The molecule has 0 aliphatic rings. The molecule has 0 saturated carbocycles. The molecular weight excluding hydrogens is 901 g/mol. The highest BCUT2D eigenvalue weighted by Crippen LogP contribution is 2.13. The lowest BCUT2D eigenvalue weighted by atomic mass is 10.1. The molecule has 0 heterocycles. The van der Waals surface area contributed by atoms with E-state index in [2.05, 4.69) is 167 Å². The van der Waals surface area contributed by atoms with E-state index >= 15 is 0 Å². The molecule has 0 aromatic heterocycles. The van der Waals surface area contributed by atoms with Gasteiger partial charge in [-0.15, -0.1) is 0 Å². The molecule has 6 heteroatoms. The van der Waals surface area contributed by atoms with E-state index in [1.807, 2.05) is 0 Å². The lowest BCUT2D eigenvalue weighted by Gasteiger charge is -2.18. The van der Waals surface area contributed by atoms with Crippen LogP contribution in [0.3, 0.4) is 0 Å². The average Bonchev–Trinajstić information content (AvgIpc) is 3.39. The molecule has 0 fully saturated rings. The molecule has 73 heavy (non-hydrogen) atoms. The molecule has 1 unspecified atom stereocenters. The fraction of sp³-hybridized carbons (Fsp3) is 0.597. The van der Waals surface area contributed by atoms with Gasteiger partial charge in [-0.05, 0) is 141 Å². The Balaban J connectivity index is 4.54. The minimum atomic E-state index is -0.818. The molecular formula is C67H106O6. The van der Waals surface area contributed by atoms with E-state index in [1.165, 1.54) is 38.5 Å². The van der Waals surface area contributed by atoms with Crippen molar-refractivity contribution in [2.75, 3.05) is 13.2 Å². The van der Waals surface area contributed by atoms with E-state index in [4.69, 9.17) is 14.2 Å². The van der Waals surface area contributed by atoms with E-state index in [0.29, 0.717) is 25.7 Å². The minimum absolute atomic E-state index is 0.112. The van der Waals surface area contributed by atoms with Crippen molar-refractivity contribution in [3.8, 4) is 0 Å². The van der Waals surface area contributed by atoms with Gasteiger partial charge in [-0.2, -0.15) is 0 Å². The monoisotopic (exact) mass is 1010 g/mol. The molecule has 6 nitrogen and oxygen atoms in total. The molecule has 410 valence electrons. The van der Waals surface area contributed by atoms with Crippen LogP contribution in [0.15, 0.2) is 146 Å². The zero-order valence-corrected chi connectivity index (χ0v) is 46.8. The number of allylic oxidation sites excluding steroid dienone is 24. The van der Waals surface area contributed by atoms with Crippen LogP contribution >= 0.6 is 0 Å². The molecule has 0 amide bonds. The number of hydrogen-bond acceptors (Lipinski definition) is 6. The first kappa shape index (κ1) is 68.3. The van der Waals surface area contributed by atoms with Gasteiger partial charge < -0.3 is 14.2 Å². The van der Waals surface area contributed by atoms with Crippen LogP contribution in [-0.4, -0.2) is 37.2 Å². The van der Waals surface area contributed by atoms with Gasteiger partial charge in [0.25, 0.3) is 0 Å². The first-order valence-corrected chi connectivity index (χ1v) is 29.3. The highest BCUT2D eigenvalue weighted by Gasteiger charge is 2.19. The summed E-state index contributed by atoms with van der Waals surface area (Å²) in [5, 5.41) is 0. The third-order valence-corrected chi connectivity index (χ3v) is 11.8. The number of hydrogen-bond donors (Lipinski definition) is 0. The maximum atomic E-state index is 12.9. The summed E-state index contributed by atoms with van der Waals surface area (Å²) in [6, 6.07) is 0. The molecule has 1 atom stereocenters. The second-order valence-corrected chi connectivity index (χ2v) is 18.8. The highest BCUT2D eigenvalue weighted by molar-refractivity contribution is 5.71. The molecule has 0 aromatic carbocycles. The van der Waals surface area contributed by atoms with Crippen molar-refractivity contribution < 1.29 is 28.6 Å². The Bertz CT molecular complexity index is 1630. The summed E-state index contributed by atoms with van der Waals surface area (Å²) >= 11 is 0. The van der Waals surface area contributed by atoms with E-state index in [1.54, 1.807) is 0 Å². The summed E-state index contributed by atoms with van der Waals surface area (Å²) in [6.07, 6.45) is 85.5. The molecule has 0 rings (SSSR count). The fourth-order valence-corrected chi connectivity index (χ4v) is 7.47. The third-order valence-electron chi connectivity index (χ3n) is 11.8. The summed E-state index contributed by atoms with van der Waals surface area (Å²) in [5.74, 6) is -0.991. The van der Waals surface area contributed by atoms with Crippen LogP contribution in [0.2, 0.25) is 0 Å². The van der Waals surface area contributed by atoms with Crippen molar-refractivity contribution in [3.63, 3.8) is 0 Å². The van der Waals surface area contributed by atoms with Crippen molar-refractivity contribution >= 4 is 17.9 Å². The zero-order chi connectivity index (χ0) is 52.9. The average molecular weight is 1010 g/mol. The summed E-state index contributed by atoms with van der Waals surface area (Å²) in [5.41, 5.74) is 0. The second-order valence-electron chi connectivity index (χ2n) is 18.8. The molecule has 0 spiro atoms. The van der Waals surface area contributed by atoms with Gasteiger partial charge in [-0.1, -0.05) is 224 Å². The van der Waals surface area contributed by atoms with Crippen molar-refractivity contribution in [2.24, 2.45) is 0 Å². The molecule has 0 aliphatic heterocycles. The van der Waals surface area contributed by atoms with Crippen molar-refractivity contribution in [2.45, 2.75) is 245 Å². The first-order chi connectivity index (χ1) is 36.0. The van der Waals surface area contributed by atoms with Gasteiger partial charge in [-0.3, -0.25) is 14.4 Å². The van der Waals surface area contributed by atoms with E-state index in [0.717, 1.165) is 154 Å². The number of carbonyl (C=O) groups excluding carboxylic acids is 3. The topological polar surface area (TPSA) is 78.9 Å². The van der Waals surface area contributed by atoms with Crippen LogP contribution in [-0.2, 0) is 28.6 Å². The Morgan fingerprint density at radius 2 is 0.534 bits per heavy atom. The summed E-state index contributed by atoms with van der Waals surface area (Å²) in [7, 11) is 0. The van der Waals surface area contributed by atoms with Gasteiger partial charge in [0.2, 0.25) is 0 Å². The van der Waals surface area contributed by atoms with Crippen LogP contribution in [0.25, 0.3) is 0 Å². The Hall–Kier alpha value is -4.71. The maximum Gasteiger partial charge on any atom is 0.306 e. The number of esters is 3. The highest BCUT2D eigenvalue weighted by atomic mass is 16.6. The van der Waals surface area contributed by atoms with Gasteiger partial charge in [0.1, 0.15) is 13.2 Å². The predicted molar refractivity (Wildman–Crippen MR) is 315 cm³/mol. The third kappa shape index (κ3) is 58.1.